The molecule has 1 nitrogen and oxygen atoms in total. The minimum Gasteiger partial charge on any atom is -0.378 e. The molecule has 1 saturated carbocycles. The minimum atomic E-state index is -2.43. The first-order valence-corrected chi connectivity index (χ1v) is 5.13. The van der Waals surface area contributed by atoms with E-state index in [0.29, 0.717) is 12.8 Å². The maximum Gasteiger partial charge on any atom is 0.248 e. The van der Waals surface area contributed by atoms with Gasteiger partial charge in [-0.1, -0.05) is 13.3 Å². The summed E-state index contributed by atoms with van der Waals surface area (Å²) >= 11 is 0. The van der Waals surface area contributed by atoms with Gasteiger partial charge in [0.25, 0.3) is 0 Å². The zero-order chi connectivity index (χ0) is 9.73. The van der Waals surface area contributed by atoms with Crippen LogP contribution in [0.4, 0.5) is 8.78 Å². The molecule has 0 radical (unpaired) electrons. The van der Waals surface area contributed by atoms with Crippen LogP contribution in [0, 0.1) is 0 Å². The van der Waals surface area contributed by atoms with Gasteiger partial charge in [-0.2, -0.15) is 0 Å². The summed E-state index contributed by atoms with van der Waals surface area (Å²) in [6, 6.07) is 0. The molecule has 0 atom stereocenters. The van der Waals surface area contributed by atoms with Crippen LogP contribution in [0.2, 0.25) is 0 Å². The maximum absolute atomic E-state index is 12.7. The first kappa shape index (κ1) is 10.9. The number of hydrogen-bond donors (Lipinski definition) is 0. The normalized spacial score (nSPS) is 23.3. The van der Waals surface area contributed by atoms with E-state index in [1.807, 2.05) is 0 Å². The third-order valence-corrected chi connectivity index (χ3v) is 2.52. The Hall–Kier alpha value is -0.180. The second-order valence-electron chi connectivity index (χ2n) is 3.78. The van der Waals surface area contributed by atoms with Crippen molar-refractivity contribution in [3.63, 3.8) is 0 Å². The second-order valence-corrected chi connectivity index (χ2v) is 3.78. The lowest BCUT2D eigenvalue weighted by Crippen LogP contribution is -2.29. The Balaban J connectivity index is 2.11. The van der Waals surface area contributed by atoms with Crippen molar-refractivity contribution in [3.8, 4) is 0 Å². The second kappa shape index (κ2) is 4.89. The molecule has 0 spiro atoms. The molecule has 0 aliphatic heterocycles. The van der Waals surface area contributed by atoms with E-state index in [-0.39, 0.29) is 18.9 Å². The predicted octanol–water partition coefficient (Wildman–Crippen LogP) is 3.38. The molecular formula is C10H18F2O. The number of halogens is 2. The van der Waals surface area contributed by atoms with Crippen molar-refractivity contribution < 1.29 is 13.5 Å². The van der Waals surface area contributed by atoms with Crippen molar-refractivity contribution in [2.24, 2.45) is 0 Å². The van der Waals surface area contributed by atoms with Crippen molar-refractivity contribution in [2.45, 2.75) is 57.5 Å². The van der Waals surface area contributed by atoms with E-state index in [4.69, 9.17) is 4.74 Å². The van der Waals surface area contributed by atoms with Gasteiger partial charge in [-0.05, 0) is 19.3 Å². The van der Waals surface area contributed by atoms with E-state index in [2.05, 4.69) is 6.92 Å². The highest BCUT2D eigenvalue weighted by Gasteiger charge is 2.34. The van der Waals surface area contributed by atoms with Gasteiger partial charge in [0.2, 0.25) is 5.92 Å². The number of alkyl halides is 2. The lowest BCUT2D eigenvalue weighted by molar-refractivity contribution is -0.0806. The molecule has 0 N–H and O–H groups in total. The standard InChI is InChI=1S/C10H18F2O/c1-2-3-8-13-9-4-6-10(11,12)7-5-9/h9H,2-8H2,1H3. The van der Waals surface area contributed by atoms with E-state index in [0.717, 1.165) is 19.4 Å². The summed E-state index contributed by atoms with van der Waals surface area (Å²) < 4.78 is 30.9. The van der Waals surface area contributed by atoms with Crippen LogP contribution in [0.1, 0.15) is 45.4 Å². The first-order chi connectivity index (χ1) is 6.14. The van der Waals surface area contributed by atoms with Crippen LogP contribution in [0.5, 0.6) is 0 Å². The average molecular weight is 192 g/mol. The molecule has 0 bridgehead atoms. The Morgan fingerprint density at radius 2 is 1.92 bits per heavy atom. The molecule has 1 rings (SSSR count). The van der Waals surface area contributed by atoms with Gasteiger partial charge in [0.1, 0.15) is 0 Å². The van der Waals surface area contributed by atoms with Crippen LogP contribution in [0.3, 0.4) is 0 Å². The highest BCUT2D eigenvalue weighted by Crippen LogP contribution is 2.34. The Morgan fingerprint density at radius 1 is 1.31 bits per heavy atom. The highest BCUT2D eigenvalue weighted by atomic mass is 19.3. The Bertz CT molecular complexity index is 138. The molecule has 0 aromatic heterocycles. The van der Waals surface area contributed by atoms with Crippen molar-refractivity contribution >= 4 is 0 Å². The number of unbranched alkanes of at least 4 members (excludes halogenated alkanes) is 1. The van der Waals surface area contributed by atoms with Gasteiger partial charge in [0, 0.05) is 19.4 Å². The van der Waals surface area contributed by atoms with Gasteiger partial charge >= 0.3 is 0 Å². The predicted molar refractivity (Wildman–Crippen MR) is 48.1 cm³/mol. The summed E-state index contributed by atoms with van der Waals surface area (Å²) in [5.74, 6) is -2.43. The summed E-state index contributed by atoms with van der Waals surface area (Å²) in [5, 5.41) is 0. The van der Waals surface area contributed by atoms with Gasteiger partial charge in [-0.3, -0.25) is 0 Å². The summed E-state index contributed by atoms with van der Waals surface area (Å²) in [5.41, 5.74) is 0. The number of ether oxygens (including phenoxy) is 1. The molecule has 78 valence electrons. The highest BCUT2D eigenvalue weighted by molar-refractivity contribution is 4.77. The average Bonchev–Trinajstić information content (AvgIpc) is 2.08. The summed E-state index contributed by atoms with van der Waals surface area (Å²) in [6.07, 6.45) is 3.28. The van der Waals surface area contributed by atoms with Gasteiger partial charge in [0.05, 0.1) is 6.10 Å². The molecule has 0 saturated heterocycles. The fourth-order valence-electron chi connectivity index (χ4n) is 1.57. The summed E-state index contributed by atoms with van der Waals surface area (Å²) in [7, 11) is 0. The van der Waals surface area contributed by atoms with E-state index < -0.39 is 5.92 Å². The van der Waals surface area contributed by atoms with Crippen LogP contribution in [-0.2, 0) is 4.74 Å². The van der Waals surface area contributed by atoms with Gasteiger partial charge < -0.3 is 4.74 Å². The van der Waals surface area contributed by atoms with Gasteiger partial charge in [-0.15, -0.1) is 0 Å². The van der Waals surface area contributed by atoms with E-state index in [9.17, 15) is 8.78 Å². The fraction of sp³-hybridized carbons (Fsp3) is 1.00. The van der Waals surface area contributed by atoms with E-state index in [1.165, 1.54) is 0 Å². The smallest absolute Gasteiger partial charge is 0.248 e. The summed E-state index contributed by atoms with van der Waals surface area (Å²) in [4.78, 5) is 0. The topological polar surface area (TPSA) is 9.23 Å². The van der Waals surface area contributed by atoms with Crippen LogP contribution in [0.15, 0.2) is 0 Å². The molecule has 3 heteroatoms. The molecule has 0 unspecified atom stereocenters. The van der Waals surface area contributed by atoms with Crippen LogP contribution in [0.25, 0.3) is 0 Å². The lowest BCUT2D eigenvalue weighted by atomic mass is 9.94. The Kier molecular flexibility index (Phi) is 4.10. The molecule has 0 amide bonds. The summed E-state index contributed by atoms with van der Waals surface area (Å²) in [6.45, 7) is 2.82. The Morgan fingerprint density at radius 3 is 2.46 bits per heavy atom. The molecule has 1 aliphatic carbocycles. The molecular weight excluding hydrogens is 174 g/mol. The molecule has 0 heterocycles. The number of rotatable bonds is 4. The van der Waals surface area contributed by atoms with Gasteiger partial charge in [0.15, 0.2) is 0 Å². The Labute approximate surface area is 78.5 Å². The molecule has 13 heavy (non-hydrogen) atoms. The zero-order valence-corrected chi connectivity index (χ0v) is 8.19. The maximum atomic E-state index is 12.7. The van der Waals surface area contributed by atoms with Crippen LogP contribution in [-0.4, -0.2) is 18.6 Å². The van der Waals surface area contributed by atoms with Crippen molar-refractivity contribution in [1.29, 1.82) is 0 Å². The van der Waals surface area contributed by atoms with E-state index in [1.54, 1.807) is 0 Å². The minimum absolute atomic E-state index is 0.00376. The lowest BCUT2D eigenvalue weighted by Gasteiger charge is -2.28. The largest absolute Gasteiger partial charge is 0.378 e. The molecule has 0 aromatic carbocycles. The monoisotopic (exact) mass is 192 g/mol. The third-order valence-electron chi connectivity index (χ3n) is 2.52. The van der Waals surface area contributed by atoms with Crippen molar-refractivity contribution in [3.05, 3.63) is 0 Å². The van der Waals surface area contributed by atoms with Crippen LogP contribution >= 0.6 is 0 Å². The molecule has 1 aliphatic rings. The quantitative estimate of drug-likeness (QED) is 0.620. The molecule has 0 aromatic rings. The number of hydrogen-bond acceptors (Lipinski definition) is 1. The van der Waals surface area contributed by atoms with E-state index >= 15 is 0 Å². The first-order valence-electron chi connectivity index (χ1n) is 5.13. The van der Waals surface area contributed by atoms with Crippen molar-refractivity contribution in [2.75, 3.05) is 6.61 Å². The third kappa shape index (κ3) is 4.03. The van der Waals surface area contributed by atoms with Gasteiger partial charge in [-0.25, -0.2) is 8.78 Å². The SMILES string of the molecule is CCCCOC1CCC(F)(F)CC1. The van der Waals surface area contributed by atoms with Crippen LogP contribution < -0.4 is 0 Å². The van der Waals surface area contributed by atoms with Crippen molar-refractivity contribution in [1.82, 2.24) is 0 Å². The fourth-order valence-corrected chi connectivity index (χ4v) is 1.57. The molecule has 1 fully saturated rings. The zero-order valence-electron chi connectivity index (χ0n) is 8.19.